The van der Waals surface area contributed by atoms with Crippen molar-refractivity contribution in [2.75, 3.05) is 26.8 Å². The zero-order chi connectivity index (χ0) is 16.3. The highest BCUT2D eigenvalue weighted by atomic mass is 19.1. The van der Waals surface area contributed by atoms with Crippen LogP contribution in [-0.2, 0) is 4.79 Å². The number of amides is 1. The number of rotatable bonds is 4. The van der Waals surface area contributed by atoms with E-state index in [4.69, 9.17) is 11.1 Å². The molecular formula is C16H21FN4O. The molecule has 0 aromatic heterocycles. The predicted molar refractivity (Wildman–Crippen MR) is 84.6 cm³/mol. The number of nitrogens with one attached hydrogen (secondary N) is 2. The van der Waals surface area contributed by atoms with Gasteiger partial charge in [-0.3, -0.25) is 10.2 Å². The van der Waals surface area contributed by atoms with Gasteiger partial charge in [0.1, 0.15) is 6.67 Å². The largest absolute Gasteiger partial charge is 0.369 e. The number of nitrogens with two attached hydrogens (primary N) is 1. The molecule has 1 unspecified atom stereocenters. The van der Waals surface area contributed by atoms with Gasteiger partial charge in [-0.05, 0) is 13.0 Å². The van der Waals surface area contributed by atoms with Gasteiger partial charge >= 0.3 is 0 Å². The van der Waals surface area contributed by atoms with Gasteiger partial charge in [-0.15, -0.1) is 0 Å². The molecule has 118 valence electrons. The standard InChI is InChI=1S/C16H21FN4O/c1-10-4-3-5-11(6-10)15(18)14(16(19)22)13-9-20-8-12(7-17)21(13)2/h3-6,12,18,20H,7-9H2,1-2H3,(H2,19,22)/b14-13+,18-15?. The molecule has 4 N–H and O–H groups in total. The van der Waals surface area contributed by atoms with Crippen molar-refractivity contribution in [2.45, 2.75) is 13.0 Å². The monoisotopic (exact) mass is 304 g/mol. The number of nitrogens with zero attached hydrogens (tertiary/aromatic N) is 1. The maximum Gasteiger partial charge on any atom is 0.252 e. The van der Waals surface area contributed by atoms with Gasteiger partial charge in [-0.2, -0.15) is 0 Å². The molecule has 5 nitrogen and oxygen atoms in total. The zero-order valence-corrected chi connectivity index (χ0v) is 12.8. The third-order valence-corrected chi connectivity index (χ3v) is 3.92. The number of alkyl halides is 1. The van der Waals surface area contributed by atoms with Crippen LogP contribution in [0, 0.1) is 12.3 Å². The molecule has 0 spiro atoms. The molecule has 0 radical (unpaired) electrons. The predicted octanol–water partition coefficient (Wildman–Crippen LogP) is 0.975. The van der Waals surface area contributed by atoms with Crippen molar-refractivity contribution < 1.29 is 9.18 Å². The first-order valence-electron chi connectivity index (χ1n) is 7.14. The summed E-state index contributed by atoms with van der Waals surface area (Å²) in [6.07, 6.45) is 0. The van der Waals surface area contributed by atoms with E-state index in [0.29, 0.717) is 24.4 Å². The van der Waals surface area contributed by atoms with Crippen LogP contribution in [0.2, 0.25) is 0 Å². The van der Waals surface area contributed by atoms with Gasteiger partial charge in [-0.25, -0.2) is 4.39 Å². The number of piperazine rings is 1. The highest BCUT2D eigenvalue weighted by Crippen LogP contribution is 2.20. The normalized spacial score (nSPS) is 20.7. The van der Waals surface area contributed by atoms with Gasteiger partial charge in [0.2, 0.25) is 0 Å². The molecule has 1 aliphatic heterocycles. The van der Waals surface area contributed by atoms with Crippen LogP contribution in [0.5, 0.6) is 0 Å². The van der Waals surface area contributed by atoms with Crippen molar-refractivity contribution in [1.29, 1.82) is 5.41 Å². The number of halogens is 1. The summed E-state index contributed by atoms with van der Waals surface area (Å²) in [5.74, 6) is -0.672. The van der Waals surface area contributed by atoms with Gasteiger partial charge in [0.05, 0.1) is 17.3 Å². The number of benzene rings is 1. The van der Waals surface area contributed by atoms with E-state index in [0.717, 1.165) is 5.56 Å². The van der Waals surface area contributed by atoms with E-state index in [9.17, 15) is 9.18 Å². The Bertz CT molecular complexity index is 626. The lowest BCUT2D eigenvalue weighted by molar-refractivity contribution is -0.114. The molecule has 0 aliphatic carbocycles. The molecule has 1 saturated heterocycles. The Morgan fingerprint density at radius 2 is 2.27 bits per heavy atom. The molecule has 1 atom stereocenters. The Kier molecular flexibility index (Phi) is 4.92. The molecule has 1 aliphatic rings. The summed E-state index contributed by atoms with van der Waals surface area (Å²) >= 11 is 0. The molecule has 1 amide bonds. The van der Waals surface area contributed by atoms with E-state index in [1.807, 2.05) is 25.1 Å². The van der Waals surface area contributed by atoms with E-state index >= 15 is 0 Å². The van der Waals surface area contributed by atoms with Crippen molar-refractivity contribution in [1.82, 2.24) is 10.2 Å². The second-order valence-corrected chi connectivity index (χ2v) is 5.48. The van der Waals surface area contributed by atoms with E-state index in [1.165, 1.54) is 0 Å². The molecule has 6 heteroatoms. The average Bonchev–Trinajstić information content (AvgIpc) is 2.49. The summed E-state index contributed by atoms with van der Waals surface area (Å²) in [7, 11) is 1.73. The summed E-state index contributed by atoms with van der Waals surface area (Å²) in [5.41, 5.74) is 7.89. The molecule has 1 aromatic rings. The number of carbonyl (C=O) groups excluding carboxylic acids is 1. The summed E-state index contributed by atoms with van der Waals surface area (Å²) in [4.78, 5) is 13.6. The van der Waals surface area contributed by atoms with Gasteiger partial charge in [0.15, 0.2) is 0 Å². The van der Waals surface area contributed by atoms with Crippen molar-refractivity contribution in [3.63, 3.8) is 0 Å². The third-order valence-electron chi connectivity index (χ3n) is 3.92. The number of likely N-dealkylation sites (N-methyl/N-ethyl adjacent to an activating group) is 1. The van der Waals surface area contributed by atoms with E-state index in [-0.39, 0.29) is 17.3 Å². The number of primary amides is 1. The highest BCUT2D eigenvalue weighted by molar-refractivity contribution is 6.27. The van der Waals surface area contributed by atoms with Crippen LogP contribution in [-0.4, -0.2) is 49.4 Å². The highest BCUT2D eigenvalue weighted by Gasteiger charge is 2.28. The first-order chi connectivity index (χ1) is 10.5. The van der Waals surface area contributed by atoms with Crippen molar-refractivity contribution in [3.05, 3.63) is 46.7 Å². The fourth-order valence-corrected chi connectivity index (χ4v) is 2.62. The summed E-state index contributed by atoms with van der Waals surface area (Å²) in [5, 5.41) is 11.4. The van der Waals surface area contributed by atoms with Crippen LogP contribution in [0.4, 0.5) is 4.39 Å². The van der Waals surface area contributed by atoms with Gasteiger partial charge in [-0.1, -0.05) is 23.8 Å². The maximum atomic E-state index is 13.1. The van der Waals surface area contributed by atoms with Gasteiger partial charge < -0.3 is 16.0 Å². The Labute approximate surface area is 129 Å². The topological polar surface area (TPSA) is 82.2 Å². The minimum atomic E-state index is -0.672. The van der Waals surface area contributed by atoms with Crippen LogP contribution in [0.25, 0.3) is 0 Å². The molecule has 22 heavy (non-hydrogen) atoms. The number of hydrogen-bond acceptors (Lipinski definition) is 4. The molecular weight excluding hydrogens is 283 g/mol. The zero-order valence-electron chi connectivity index (χ0n) is 12.8. The smallest absolute Gasteiger partial charge is 0.252 e. The van der Waals surface area contributed by atoms with E-state index in [2.05, 4.69) is 5.32 Å². The lowest BCUT2D eigenvalue weighted by atomic mass is 9.97. The molecule has 1 fully saturated rings. The lowest BCUT2D eigenvalue weighted by Gasteiger charge is -2.36. The van der Waals surface area contributed by atoms with Crippen LogP contribution < -0.4 is 11.1 Å². The van der Waals surface area contributed by atoms with Crippen LogP contribution in [0.1, 0.15) is 11.1 Å². The van der Waals surface area contributed by atoms with Crippen molar-refractivity contribution in [3.8, 4) is 0 Å². The third kappa shape index (κ3) is 3.17. The van der Waals surface area contributed by atoms with Crippen molar-refractivity contribution >= 4 is 11.6 Å². The minimum absolute atomic E-state index is 0.0689. The Hall–Kier alpha value is -2.21. The second-order valence-electron chi connectivity index (χ2n) is 5.48. The molecule has 2 rings (SSSR count). The maximum absolute atomic E-state index is 13.1. The summed E-state index contributed by atoms with van der Waals surface area (Å²) in [6.45, 7) is 2.28. The number of aryl methyl sites for hydroxylation is 1. The SMILES string of the molecule is Cc1cccc(C(=N)/C(C(N)=O)=C2/CNCC(CF)N2C)c1. The number of hydrogen-bond donors (Lipinski definition) is 3. The first kappa shape index (κ1) is 16.2. The van der Waals surface area contributed by atoms with Crippen LogP contribution in [0.3, 0.4) is 0 Å². The Balaban J connectivity index is 2.47. The summed E-state index contributed by atoms with van der Waals surface area (Å²) < 4.78 is 13.1. The average molecular weight is 304 g/mol. The molecule has 1 aromatic carbocycles. The van der Waals surface area contributed by atoms with Gasteiger partial charge in [0, 0.05) is 31.4 Å². The quantitative estimate of drug-likeness (QED) is 0.573. The molecule has 0 saturated carbocycles. The lowest BCUT2D eigenvalue weighted by Crippen LogP contribution is -2.50. The molecule has 1 heterocycles. The number of carbonyl (C=O) groups is 1. The van der Waals surface area contributed by atoms with Crippen LogP contribution in [0.15, 0.2) is 35.5 Å². The second kappa shape index (κ2) is 6.70. The van der Waals surface area contributed by atoms with Gasteiger partial charge in [0.25, 0.3) is 5.91 Å². The Morgan fingerprint density at radius 1 is 1.55 bits per heavy atom. The fraction of sp³-hybridized carbons (Fsp3) is 0.375. The first-order valence-corrected chi connectivity index (χ1v) is 7.14. The van der Waals surface area contributed by atoms with Crippen LogP contribution >= 0.6 is 0 Å². The fourth-order valence-electron chi connectivity index (χ4n) is 2.62. The van der Waals surface area contributed by atoms with E-state index < -0.39 is 12.6 Å². The van der Waals surface area contributed by atoms with Crippen molar-refractivity contribution in [2.24, 2.45) is 5.73 Å². The summed E-state index contributed by atoms with van der Waals surface area (Å²) in [6, 6.07) is 6.98. The molecule has 0 bridgehead atoms. The van der Waals surface area contributed by atoms with E-state index in [1.54, 1.807) is 18.0 Å². The Morgan fingerprint density at radius 3 is 2.86 bits per heavy atom. The minimum Gasteiger partial charge on any atom is -0.369 e.